The largest absolute Gasteiger partial charge is 0.339 e. The van der Waals surface area contributed by atoms with E-state index in [1.54, 1.807) is 12.1 Å². The van der Waals surface area contributed by atoms with Gasteiger partial charge in [0.2, 0.25) is 10.0 Å². The molecule has 0 spiro atoms. The molecule has 0 bridgehead atoms. The van der Waals surface area contributed by atoms with Crippen LogP contribution in [0.25, 0.3) is 0 Å². The third-order valence-electron chi connectivity index (χ3n) is 7.54. The Morgan fingerprint density at radius 2 is 1.55 bits per heavy atom. The number of anilines is 1. The molecule has 10 heteroatoms. The van der Waals surface area contributed by atoms with Crippen LogP contribution in [0.2, 0.25) is 0 Å². The molecule has 2 aliphatic heterocycles. The van der Waals surface area contributed by atoms with Gasteiger partial charge in [-0.05, 0) is 74.8 Å². The monoisotopic (exact) mass is 588 g/mol. The van der Waals surface area contributed by atoms with Crippen LogP contribution >= 0.6 is 11.3 Å². The van der Waals surface area contributed by atoms with E-state index in [2.05, 4.69) is 24.1 Å². The van der Waals surface area contributed by atoms with E-state index in [4.69, 9.17) is 0 Å². The van der Waals surface area contributed by atoms with Crippen LogP contribution in [0, 0.1) is 11.8 Å². The van der Waals surface area contributed by atoms with Crippen LogP contribution in [0.5, 0.6) is 0 Å². The van der Waals surface area contributed by atoms with Crippen LogP contribution in [0.4, 0.5) is 5.00 Å². The number of thiophene rings is 1. The number of benzene rings is 1. The van der Waals surface area contributed by atoms with Gasteiger partial charge in [0, 0.05) is 55.8 Å². The molecule has 2 aromatic rings. The lowest BCUT2D eigenvalue weighted by Gasteiger charge is -2.30. The molecule has 1 aromatic carbocycles. The van der Waals surface area contributed by atoms with Gasteiger partial charge in [0.1, 0.15) is 5.00 Å². The highest BCUT2D eigenvalue weighted by molar-refractivity contribution is 7.89. The summed E-state index contributed by atoms with van der Waals surface area (Å²) in [7, 11) is -3.69. The molecule has 40 heavy (non-hydrogen) atoms. The van der Waals surface area contributed by atoms with Crippen LogP contribution in [0.15, 0.2) is 29.2 Å². The van der Waals surface area contributed by atoms with Gasteiger partial charge in [0.15, 0.2) is 0 Å². The highest BCUT2D eigenvalue weighted by atomic mass is 32.2. The van der Waals surface area contributed by atoms with E-state index >= 15 is 0 Å². The zero-order chi connectivity index (χ0) is 29.2. The van der Waals surface area contributed by atoms with Crippen molar-refractivity contribution < 1.29 is 18.0 Å². The summed E-state index contributed by atoms with van der Waals surface area (Å²) in [5.74, 6) is 0.0423. The number of nitrogens with one attached hydrogen (secondary N) is 1. The Bertz CT molecular complexity index is 1300. The molecule has 1 fully saturated rings. The summed E-state index contributed by atoms with van der Waals surface area (Å²) in [5, 5.41) is 3.61. The topological polar surface area (TPSA) is 90.0 Å². The van der Waals surface area contributed by atoms with Gasteiger partial charge in [-0.25, -0.2) is 8.42 Å². The Hall–Kier alpha value is -2.27. The second kappa shape index (κ2) is 12.7. The minimum absolute atomic E-state index is 0.000125. The summed E-state index contributed by atoms with van der Waals surface area (Å²) in [4.78, 5) is 32.6. The van der Waals surface area contributed by atoms with Crippen LogP contribution in [0.3, 0.4) is 0 Å². The van der Waals surface area contributed by atoms with Crippen molar-refractivity contribution in [2.45, 2.75) is 78.3 Å². The Morgan fingerprint density at radius 3 is 2.10 bits per heavy atom. The zero-order valence-corrected chi connectivity index (χ0v) is 26.3. The van der Waals surface area contributed by atoms with Gasteiger partial charge >= 0.3 is 0 Å². The predicted octanol–water partition coefficient (Wildman–Crippen LogP) is 5.31. The number of hydrogen-bond donors (Lipinski definition) is 1. The second-order valence-electron chi connectivity index (χ2n) is 12.1. The number of sulfonamides is 1. The SMILES string of the molecule is CC(C)CN(CC(C)C)S(=O)(=O)c1ccc(C(=O)Nc2sc3c(c2C(=O)N2CCCC2)CCN(C(C)C)C3)cc1. The molecule has 2 aliphatic rings. The Morgan fingerprint density at radius 1 is 0.950 bits per heavy atom. The molecule has 0 saturated carbocycles. The van der Waals surface area contributed by atoms with Crippen molar-refractivity contribution in [3.8, 4) is 0 Å². The van der Waals surface area contributed by atoms with Crippen molar-refractivity contribution in [3.63, 3.8) is 0 Å². The van der Waals surface area contributed by atoms with Crippen LogP contribution in [0.1, 0.15) is 85.5 Å². The summed E-state index contributed by atoms with van der Waals surface area (Å²) in [5.41, 5.74) is 2.05. The lowest BCUT2D eigenvalue weighted by atomic mass is 10.0. The molecule has 0 aliphatic carbocycles. The molecule has 220 valence electrons. The zero-order valence-electron chi connectivity index (χ0n) is 24.7. The van der Waals surface area contributed by atoms with Crippen molar-refractivity contribution in [3.05, 3.63) is 45.8 Å². The van der Waals surface area contributed by atoms with Gasteiger partial charge in [-0.1, -0.05) is 27.7 Å². The van der Waals surface area contributed by atoms with Gasteiger partial charge in [0.05, 0.1) is 10.5 Å². The molecule has 4 rings (SSSR count). The lowest BCUT2D eigenvalue weighted by molar-refractivity contribution is 0.0792. The molecule has 0 radical (unpaired) electrons. The van der Waals surface area contributed by atoms with E-state index in [0.29, 0.717) is 35.3 Å². The van der Waals surface area contributed by atoms with Crippen LogP contribution < -0.4 is 5.32 Å². The highest BCUT2D eigenvalue weighted by Gasteiger charge is 2.33. The first-order chi connectivity index (χ1) is 18.9. The first-order valence-electron chi connectivity index (χ1n) is 14.5. The normalized spacial score (nSPS) is 16.4. The van der Waals surface area contributed by atoms with E-state index in [9.17, 15) is 18.0 Å². The minimum Gasteiger partial charge on any atom is -0.339 e. The summed E-state index contributed by atoms with van der Waals surface area (Å²) in [6.07, 6.45) is 2.79. The Balaban J connectivity index is 1.59. The number of carbonyl (C=O) groups is 2. The number of amides is 2. The summed E-state index contributed by atoms with van der Waals surface area (Å²) in [6.45, 7) is 16.4. The molecule has 2 amide bonds. The first kappa shape index (κ1) is 30.7. The maximum Gasteiger partial charge on any atom is 0.257 e. The molecule has 3 heterocycles. The third kappa shape index (κ3) is 6.78. The number of likely N-dealkylation sites (tertiary alicyclic amines) is 1. The van der Waals surface area contributed by atoms with Gasteiger partial charge in [-0.15, -0.1) is 11.3 Å². The second-order valence-corrected chi connectivity index (χ2v) is 15.2. The standard InChI is InChI=1S/C30H44N4O4S2/c1-20(2)17-34(18-21(3)4)40(37,38)24-11-9-23(10-12-24)28(35)31-29-27(30(36)32-14-7-8-15-32)25-13-16-33(22(5)6)19-26(25)39-29/h9-12,20-22H,7-8,13-19H2,1-6H3,(H,31,35). The van der Waals surface area contributed by atoms with E-state index in [-0.39, 0.29) is 28.5 Å². The third-order valence-corrected chi connectivity index (χ3v) is 10.5. The van der Waals surface area contributed by atoms with Crippen LogP contribution in [-0.4, -0.2) is 73.1 Å². The van der Waals surface area contributed by atoms with Crippen molar-refractivity contribution in [1.82, 2.24) is 14.1 Å². The first-order valence-corrected chi connectivity index (χ1v) is 16.7. The molecule has 1 aromatic heterocycles. The van der Waals surface area contributed by atoms with Crippen LogP contribution in [-0.2, 0) is 23.0 Å². The van der Waals surface area contributed by atoms with Gasteiger partial charge in [-0.3, -0.25) is 14.5 Å². The van der Waals surface area contributed by atoms with E-state index < -0.39 is 10.0 Å². The predicted molar refractivity (Wildman–Crippen MR) is 162 cm³/mol. The molecule has 8 nitrogen and oxygen atoms in total. The Labute approximate surface area is 243 Å². The number of hydrogen-bond acceptors (Lipinski definition) is 6. The van der Waals surface area contributed by atoms with Gasteiger partial charge in [-0.2, -0.15) is 4.31 Å². The van der Waals surface area contributed by atoms with Crippen molar-refractivity contribution in [1.29, 1.82) is 0 Å². The average Bonchev–Trinajstić information content (AvgIpc) is 3.55. The van der Waals surface area contributed by atoms with E-state index in [1.165, 1.54) is 27.8 Å². The number of nitrogens with zero attached hydrogens (tertiary/aromatic N) is 3. The minimum atomic E-state index is -3.69. The molecular formula is C30H44N4O4S2. The fourth-order valence-electron chi connectivity index (χ4n) is 5.44. The fraction of sp³-hybridized carbons (Fsp3) is 0.600. The number of fused-ring (bicyclic) bond motifs is 1. The average molecular weight is 589 g/mol. The number of rotatable bonds is 10. The van der Waals surface area contributed by atoms with Crippen molar-refractivity contribution in [2.24, 2.45) is 11.8 Å². The number of carbonyl (C=O) groups excluding carboxylic acids is 2. The van der Waals surface area contributed by atoms with Crippen molar-refractivity contribution in [2.75, 3.05) is 38.0 Å². The quantitative estimate of drug-likeness (QED) is 0.407. The smallest absolute Gasteiger partial charge is 0.257 e. The maximum absolute atomic E-state index is 13.6. The molecule has 1 saturated heterocycles. The summed E-state index contributed by atoms with van der Waals surface area (Å²) in [6, 6.07) is 6.53. The Kier molecular flexibility index (Phi) is 9.75. The molecular weight excluding hydrogens is 544 g/mol. The summed E-state index contributed by atoms with van der Waals surface area (Å²) < 4.78 is 28.3. The van der Waals surface area contributed by atoms with Gasteiger partial charge < -0.3 is 10.2 Å². The van der Waals surface area contributed by atoms with E-state index in [0.717, 1.165) is 55.9 Å². The summed E-state index contributed by atoms with van der Waals surface area (Å²) >= 11 is 1.49. The van der Waals surface area contributed by atoms with Crippen molar-refractivity contribution >= 4 is 38.2 Å². The molecule has 1 N–H and O–H groups in total. The lowest BCUT2D eigenvalue weighted by Crippen LogP contribution is -2.37. The highest BCUT2D eigenvalue weighted by Crippen LogP contribution is 2.39. The van der Waals surface area contributed by atoms with Gasteiger partial charge in [0.25, 0.3) is 11.8 Å². The fourth-order valence-corrected chi connectivity index (χ4v) is 8.47. The maximum atomic E-state index is 13.6. The molecule has 0 atom stereocenters. The molecule has 0 unspecified atom stereocenters. The van der Waals surface area contributed by atoms with E-state index in [1.807, 2.05) is 32.6 Å².